The number of hydrogen-bond donors (Lipinski definition) is 0. The Morgan fingerprint density at radius 1 is 1.18 bits per heavy atom. The highest BCUT2D eigenvalue weighted by Gasteiger charge is 2.20. The van der Waals surface area contributed by atoms with Crippen molar-refractivity contribution in [1.82, 2.24) is 4.90 Å². The van der Waals surface area contributed by atoms with Crippen molar-refractivity contribution < 1.29 is 4.74 Å². The highest BCUT2D eigenvalue weighted by Crippen LogP contribution is 2.31. The van der Waals surface area contributed by atoms with Gasteiger partial charge in [-0.1, -0.05) is 32.4 Å². The third-order valence-electron chi connectivity index (χ3n) is 4.92. The second kappa shape index (κ2) is 8.57. The summed E-state index contributed by atoms with van der Waals surface area (Å²) in [4.78, 5) is 2.29. The average molecular weight is 303 g/mol. The zero-order valence-electron chi connectivity index (χ0n) is 14.8. The molecule has 1 aliphatic rings. The van der Waals surface area contributed by atoms with Crippen molar-refractivity contribution in [3.8, 4) is 5.75 Å². The predicted octanol–water partition coefficient (Wildman–Crippen LogP) is 5.09. The number of benzene rings is 1. The largest absolute Gasteiger partial charge is 0.490 e. The molecule has 0 aliphatic heterocycles. The smallest absolute Gasteiger partial charge is 0.119 e. The van der Waals surface area contributed by atoms with E-state index in [-0.39, 0.29) is 0 Å². The topological polar surface area (TPSA) is 12.5 Å². The Bertz CT molecular complexity index is 437. The van der Waals surface area contributed by atoms with Crippen LogP contribution in [-0.4, -0.2) is 31.6 Å². The molecule has 0 unspecified atom stereocenters. The Morgan fingerprint density at radius 3 is 2.55 bits per heavy atom. The van der Waals surface area contributed by atoms with Crippen LogP contribution in [0.2, 0.25) is 0 Å². The molecule has 124 valence electrons. The van der Waals surface area contributed by atoms with Gasteiger partial charge in [-0.05, 0) is 75.7 Å². The first-order chi connectivity index (χ1) is 10.6. The van der Waals surface area contributed by atoms with Crippen molar-refractivity contribution in [1.29, 1.82) is 0 Å². The molecule has 2 atom stereocenters. The maximum Gasteiger partial charge on any atom is 0.119 e. The summed E-state index contributed by atoms with van der Waals surface area (Å²) >= 11 is 0. The van der Waals surface area contributed by atoms with Gasteiger partial charge in [-0.25, -0.2) is 0 Å². The summed E-state index contributed by atoms with van der Waals surface area (Å²) in [7, 11) is 4.32. The summed E-state index contributed by atoms with van der Waals surface area (Å²) in [5.41, 5.74) is 1.44. The van der Waals surface area contributed by atoms with Gasteiger partial charge in [-0.2, -0.15) is 0 Å². The normalized spacial score (nSPS) is 19.1. The summed E-state index contributed by atoms with van der Waals surface area (Å²) in [5, 5.41) is 0. The highest BCUT2D eigenvalue weighted by atomic mass is 16.5. The zero-order valence-corrected chi connectivity index (χ0v) is 14.8. The molecule has 1 saturated carbocycles. The molecule has 2 heteroatoms. The molecule has 0 N–H and O–H groups in total. The van der Waals surface area contributed by atoms with Crippen LogP contribution >= 0.6 is 0 Å². The van der Waals surface area contributed by atoms with E-state index in [0.717, 1.165) is 12.3 Å². The van der Waals surface area contributed by atoms with E-state index >= 15 is 0 Å². The molecule has 0 aromatic heterocycles. The molecular weight excluding hydrogens is 270 g/mol. The lowest BCUT2D eigenvalue weighted by molar-refractivity contribution is 0.154. The molecule has 1 aliphatic carbocycles. The first-order valence-electron chi connectivity index (χ1n) is 9.01. The lowest BCUT2D eigenvalue weighted by Crippen LogP contribution is -2.24. The van der Waals surface area contributed by atoms with E-state index in [1.165, 1.54) is 44.1 Å². The molecule has 2 nitrogen and oxygen atoms in total. The van der Waals surface area contributed by atoms with Crippen molar-refractivity contribution in [3.05, 3.63) is 29.8 Å². The second-order valence-corrected chi connectivity index (χ2v) is 7.20. The fourth-order valence-electron chi connectivity index (χ4n) is 3.86. The number of hydrogen-bond acceptors (Lipinski definition) is 2. The first kappa shape index (κ1) is 17.3. The van der Waals surface area contributed by atoms with Gasteiger partial charge in [0.05, 0.1) is 6.10 Å². The Labute approximate surface area is 136 Å². The quantitative estimate of drug-likeness (QED) is 0.695. The standard InChI is InChI=1S/C20H33NO/c1-5-20(16(2)15-21(3)4)17-10-9-13-19(14-17)22-18-11-7-6-8-12-18/h9-10,13-14,16,18,20H,5-8,11-12,15H2,1-4H3/t16-,20+/m0/s1. The zero-order chi connectivity index (χ0) is 15.9. The Morgan fingerprint density at radius 2 is 1.91 bits per heavy atom. The van der Waals surface area contributed by atoms with Crippen LogP contribution in [0.25, 0.3) is 0 Å². The van der Waals surface area contributed by atoms with E-state index in [1.54, 1.807) is 0 Å². The van der Waals surface area contributed by atoms with E-state index in [1.807, 2.05) is 0 Å². The fourth-order valence-corrected chi connectivity index (χ4v) is 3.86. The van der Waals surface area contributed by atoms with E-state index in [4.69, 9.17) is 4.74 Å². The summed E-state index contributed by atoms with van der Waals surface area (Å²) in [5.74, 6) is 2.34. The summed E-state index contributed by atoms with van der Waals surface area (Å²) in [6.07, 6.45) is 8.07. The van der Waals surface area contributed by atoms with Crippen molar-refractivity contribution >= 4 is 0 Å². The molecular formula is C20H33NO. The van der Waals surface area contributed by atoms with Gasteiger partial charge in [0.25, 0.3) is 0 Å². The van der Waals surface area contributed by atoms with E-state index in [0.29, 0.717) is 17.9 Å². The van der Waals surface area contributed by atoms with E-state index < -0.39 is 0 Å². The Balaban J connectivity index is 2.04. The van der Waals surface area contributed by atoms with Crippen molar-refractivity contribution in [2.24, 2.45) is 5.92 Å². The van der Waals surface area contributed by atoms with Gasteiger partial charge in [0, 0.05) is 6.54 Å². The van der Waals surface area contributed by atoms with Crippen molar-refractivity contribution in [2.45, 2.75) is 64.4 Å². The van der Waals surface area contributed by atoms with Crippen LogP contribution in [-0.2, 0) is 0 Å². The van der Waals surface area contributed by atoms with Crippen molar-refractivity contribution in [2.75, 3.05) is 20.6 Å². The number of rotatable bonds is 7. The average Bonchev–Trinajstić information content (AvgIpc) is 2.48. The van der Waals surface area contributed by atoms with Crippen LogP contribution in [0.15, 0.2) is 24.3 Å². The van der Waals surface area contributed by atoms with Crippen LogP contribution in [0.5, 0.6) is 5.75 Å². The van der Waals surface area contributed by atoms with Gasteiger partial charge in [-0.3, -0.25) is 0 Å². The van der Waals surface area contributed by atoms with E-state index in [9.17, 15) is 0 Å². The Hall–Kier alpha value is -1.02. The van der Waals surface area contributed by atoms with Gasteiger partial charge in [0.2, 0.25) is 0 Å². The molecule has 0 radical (unpaired) electrons. The second-order valence-electron chi connectivity index (χ2n) is 7.20. The molecule has 1 aromatic rings. The summed E-state index contributed by atoms with van der Waals surface area (Å²) in [6.45, 7) is 5.79. The maximum atomic E-state index is 6.24. The van der Waals surface area contributed by atoms with Crippen LogP contribution in [0.3, 0.4) is 0 Å². The lowest BCUT2D eigenvalue weighted by atomic mass is 9.85. The van der Waals surface area contributed by atoms with Crippen LogP contribution in [0.4, 0.5) is 0 Å². The minimum atomic E-state index is 0.434. The number of ether oxygens (including phenoxy) is 1. The van der Waals surface area contributed by atoms with Crippen LogP contribution < -0.4 is 4.74 Å². The third-order valence-corrected chi connectivity index (χ3v) is 4.92. The SMILES string of the molecule is CC[C@@H](c1cccc(OC2CCCCC2)c1)[C@@H](C)CN(C)C. The molecule has 0 amide bonds. The molecule has 0 saturated heterocycles. The predicted molar refractivity (Wildman–Crippen MR) is 94.7 cm³/mol. The van der Waals surface area contributed by atoms with Gasteiger partial charge in [0.15, 0.2) is 0 Å². The molecule has 0 bridgehead atoms. The molecule has 1 aromatic carbocycles. The molecule has 22 heavy (non-hydrogen) atoms. The van der Waals surface area contributed by atoms with Crippen LogP contribution in [0, 0.1) is 5.92 Å². The molecule has 0 heterocycles. The lowest BCUT2D eigenvalue weighted by Gasteiger charge is -2.27. The van der Waals surface area contributed by atoms with Gasteiger partial charge >= 0.3 is 0 Å². The van der Waals surface area contributed by atoms with Gasteiger partial charge in [0.1, 0.15) is 5.75 Å². The van der Waals surface area contributed by atoms with Crippen LogP contribution in [0.1, 0.15) is 63.9 Å². The first-order valence-corrected chi connectivity index (χ1v) is 9.01. The number of nitrogens with zero attached hydrogens (tertiary/aromatic N) is 1. The minimum absolute atomic E-state index is 0.434. The summed E-state index contributed by atoms with van der Waals surface area (Å²) in [6, 6.07) is 8.85. The highest BCUT2D eigenvalue weighted by molar-refractivity contribution is 5.31. The van der Waals surface area contributed by atoms with Gasteiger partial charge < -0.3 is 9.64 Å². The molecule has 2 rings (SSSR count). The van der Waals surface area contributed by atoms with Crippen molar-refractivity contribution in [3.63, 3.8) is 0 Å². The molecule has 0 spiro atoms. The fraction of sp³-hybridized carbons (Fsp3) is 0.700. The minimum Gasteiger partial charge on any atom is -0.490 e. The maximum absolute atomic E-state index is 6.24. The van der Waals surface area contributed by atoms with Gasteiger partial charge in [-0.15, -0.1) is 0 Å². The summed E-state index contributed by atoms with van der Waals surface area (Å²) < 4.78 is 6.24. The third kappa shape index (κ3) is 5.01. The monoisotopic (exact) mass is 303 g/mol. The molecule has 1 fully saturated rings. The Kier molecular flexibility index (Phi) is 6.75. The van der Waals surface area contributed by atoms with E-state index in [2.05, 4.69) is 57.1 Å².